The van der Waals surface area contributed by atoms with Crippen LogP contribution in [0.2, 0.25) is 5.02 Å². The normalized spacial score (nSPS) is 19.3. The molecule has 5 rings (SSSR count). The van der Waals surface area contributed by atoms with Gasteiger partial charge in [0.15, 0.2) is 5.17 Å². The van der Waals surface area contributed by atoms with Gasteiger partial charge in [0.2, 0.25) is 5.91 Å². The number of benzene rings is 3. The molecule has 1 N–H and O–H groups in total. The minimum absolute atomic E-state index is 0.0798. The summed E-state index contributed by atoms with van der Waals surface area (Å²) in [5.41, 5.74) is 3.69. The average Bonchev–Trinajstić information content (AvgIpc) is 3.46. The number of hydrogen-bond donors (Lipinski definition) is 1. The second-order valence-corrected chi connectivity index (χ2v) is 10.2. The van der Waals surface area contributed by atoms with Crippen LogP contribution in [0.4, 0.5) is 10.1 Å². The van der Waals surface area contributed by atoms with Gasteiger partial charge in [-0.3, -0.25) is 9.59 Å². The molecule has 0 radical (unpaired) electrons. The van der Waals surface area contributed by atoms with Crippen LogP contribution in [0.25, 0.3) is 0 Å². The summed E-state index contributed by atoms with van der Waals surface area (Å²) in [7, 11) is 0. The van der Waals surface area contributed by atoms with Crippen LogP contribution in [0.1, 0.15) is 35.6 Å². The van der Waals surface area contributed by atoms with Crippen molar-refractivity contribution in [3.63, 3.8) is 0 Å². The number of hydrazone groups is 1. The first-order valence-electron chi connectivity index (χ1n) is 11.4. The van der Waals surface area contributed by atoms with Crippen LogP contribution in [0.15, 0.2) is 82.9 Å². The lowest BCUT2D eigenvalue weighted by atomic mass is 9.99. The maximum atomic E-state index is 13.8. The van der Waals surface area contributed by atoms with E-state index in [1.54, 1.807) is 24.1 Å². The Bertz CT molecular complexity index is 1380. The van der Waals surface area contributed by atoms with Crippen molar-refractivity contribution < 1.29 is 14.0 Å². The fourth-order valence-electron chi connectivity index (χ4n) is 4.09. The molecule has 6 nitrogen and oxygen atoms in total. The zero-order valence-corrected chi connectivity index (χ0v) is 20.9. The van der Waals surface area contributed by atoms with Gasteiger partial charge in [0.25, 0.3) is 5.91 Å². The molecular weight excluding hydrogens is 499 g/mol. The maximum absolute atomic E-state index is 13.8. The Morgan fingerprint density at radius 2 is 1.89 bits per heavy atom. The highest BCUT2D eigenvalue weighted by molar-refractivity contribution is 8.15. The number of hydrogen-bond acceptors (Lipinski definition) is 5. The number of aryl methyl sites for hydroxylation is 1. The molecule has 0 aromatic heterocycles. The number of halogens is 2. The van der Waals surface area contributed by atoms with E-state index in [0.29, 0.717) is 27.9 Å². The van der Waals surface area contributed by atoms with E-state index in [1.165, 1.54) is 17.8 Å². The van der Waals surface area contributed by atoms with Crippen molar-refractivity contribution in [3.05, 3.63) is 100 Å². The third kappa shape index (κ3) is 5.20. The standard InChI is InChI=1S/C27H22ClFN4O2S/c1-16-7-12-20(13-21(16)29)30-25(34)15-24-26(35)31-27(36-24)33-23(18-5-3-2-4-6-18)14-22(32-33)17-8-10-19(28)11-9-17/h2-13,23-24H,14-15H2,1H3,(H,30,34). The minimum atomic E-state index is -0.679. The molecule has 2 heterocycles. The quantitative estimate of drug-likeness (QED) is 0.450. The summed E-state index contributed by atoms with van der Waals surface area (Å²) in [6.45, 7) is 1.65. The number of thioether (sulfide) groups is 1. The molecule has 3 aromatic carbocycles. The molecule has 2 aliphatic heterocycles. The molecule has 9 heteroatoms. The zero-order chi connectivity index (χ0) is 25.2. The highest BCUT2D eigenvalue weighted by Gasteiger charge is 2.39. The second kappa shape index (κ2) is 10.2. The Labute approximate surface area is 217 Å². The van der Waals surface area contributed by atoms with Gasteiger partial charge in [0, 0.05) is 23.6 Å². The number of amidine groups is 1. The lowest BCUT2D eigenvalue weighted by molar-refractivity contribution is -0.121. The molecule has 0 spiro atoms. The smallest absolute Gasteiger partial charge is 0.262 e. The van der Waals surface area contributed by atoms with E-state index in [9.17, 15) is 14.0 Å². The zero-order valence-electron chi connectivity index (χ0n) is 19.3. The van der Waals surface area contributed by atoms with Crippen LogP contribution in [0, 0.1) is 12.7 Å². The maximum Gasteiger partial charge on any atom is 0.262 e. The summed E-state index contributed by atoms with van der Waals surface area (Å²) in [4.78, 5) is 29.6. The molecule has 3 aromatic rings. The molecule has 0 saturated heterocycles. The molecule has 36 heavy (non-hydrogen) atoms. The van der Waals surface area contributed by atoms with E-state index < -0.39 is 11.1 Å². The Morgan fingerprint density at radius 3 is 2.61 bits per heavy atom. The largest absolute Gasteiger partial charge is 0.326 e. The van der Waals surface area contributed by atoms with Crippen LogP contribution in [-0.2, 0) is 9.59 Å². The Kier molecular flexibility index (Phi) is 6.89. The van der Waals surface area contributed by atoms with Crippen LogP contribution < -0.4 is 5.32 Å². The van der Waals surface area contributed by atoms with Crippen molar-refractivity contribution in [3.8, 4) is 0 Å². The van der Waals surface area contributed by atoms with Crippen molar-refractivity contribution >= 4 is 51.7 Å². The van der Waals surface area contributed by atoms with E-state index in [-0.39, 0.29) is 24.3 Å². The number of nitrogens with one attached hydrogen (secondary N) is 1. The molecule has 0 bridgehead atoms. The molecule has 182 valence electrons. The fraction of sp³-hybridized carbons (Fsp3) is 0.185. The van der Waals surface area contributed by atoms with Gasteiger partial charge in [-0.05, 0) is 47.9 Å². The van der Waals surface area contributed by atoms with Crippen molar-refractivity contribution in [1.29, 1.82) is 0 Å². The Hall–Kier alpha value is -3.49. The first-order valence-corrected chi connectivity index (χ1v) is 12.7. The molecule has 0 aliphatic carbocycles. The van der Waals surface area contributed by atoms with E-state index in [0.717, 1.165) is 16.8 Å². The van der Waals surface area contributed by atoms with Crippen LogP contribution in [0.3, 0.4) is 0 Å². The third-order valence-electron chi connectivity index (χ3n) is 6.02. The fourth-order valence-corrected chi connectivity index (χ4v) is 5.28. The molecular formula is C27H22ClFN4O2S. The summed E-state index contributed by atoms with van der Waals surface area (Å²) in [6, 6.07) is 21.7. The van der Waals surface area contributed by atoms with Gasteiger partial charge in [-0.2, -0.15) is 10.1 Å². The van der Waals surface area contributed by atoms with Gasteiger partial charge in [-0.25, -0.2) is 9.40 Å². The molecule has 2 amide bonds. The first-order chi connectivity index (χ1) is 17.4. The highest BCUT2D eigenvalue weighted by Crippen LogP contribution is 2.38. The first kappa shape index (κ1) is 24.2. The second-order valence-electron chi connectivity index (χ2n) is 8.58. The van der Waals surface area contributed by atoms with Crippen LogP contribution in [-0.4, -0.2) is 33.0 Å². The number of carbonyl (C=O) groups excluding carboxylic acids is 2. The van der Waals surface area contributed by atoms with Crippen molar-refractivity contribution in [2.75, 3.05) is 5.32 Å². The van der Waals surface area contributed by atoms with E-state index in [1.807, 2.05) is 54.6 Å². The number of rotatable bonds is 5. The van der Waals surface area contributed by atoms with Gasteiger partial charge < -0.3 is 5.32 Å². The summed E-state index contributed by atoms with van der Waals surface area (Å²) in [5, 5.41) is 9.68. The number of aliphatic imine (C=N–C) groups is 1. The van der Waals surface area contributed by atoms with Gasteiger partial charge >= 0.3 is 0 Å². The van der Waals surface area contributed by atoms with Gasteiger partial charge in [0.05, 0.1) is 11.8 Å². The summed E-state index contributed by atoms with van der Waals surface area (Å²) in [6.07, 6.45) is 0.549. The topological polar surface area (TPSA) is 74.1 Å². The molecule has 0 saturated carbocycles. The molecule has 0 fully saturated rings. The Morgan fingerprint density at radius 1 is 1.14 bits per heavy atom. The molecule has 2 atom stereocenters. The van der Waals surface area contributed by atoms with E-state index in [4.69, 9.17) is 16.7 Å². The predicted molar refractivity (Wildman–Crippen MR) is 142 cm³/mol. The van der Waals surface area contributed by atoms with Crippen molar-refractivity contribution in [1.82, 2.24) is 5.01 Å². The van der Waals surface area contributed by atoms with Crippen molar-refractivity contribution in [2.24, 2.45) is 10.1 Å². The number of anilines is 1. The summed E-state index contributed by atoms with van der Waals surface area (Å²) in [5.74, 6) is -1.17. The van der Waals surface area contributed by atoms with Gasteiger partial charge in [-0.15, -0.1) is 0 Å². The van der Waals surface area contributed by atoms with E-state index >= 15 is 0 Å². The van der Waals surface area contributed by atoms with Crippen molar-refractivity contribution in [2.45, 2.75) is 31.1 Å². The number of amides is 2. The van der Waals surface area contributed by atoms with Gasteiger partial charge in [-0.1, -0.05) is 71.9 Å². The number of carbonyl (C=O) groups is 2. The molecule has 2 aliphatic rings. The number of nitrogens with zero attached hydrogens (tertiary/aromatic N) is 3. The third-order valence-corrected chi connectivity index (χ3v) is 7.42. The van der Waals surface area contributed by atoms with Crippen LogP contribution >= 0.6 is 23.4 Å². The lowest BCUT2D eigenvalue weighted by Crippen LogP contribution is -2.25. The summed E-state index contributed by atoms with van der Waals surface area (Å²) >= 11 is 7.27. The highest BCUT2D eigenvalue weighted by atomic mass is 35.5. The van der Waals surface area contributed by atoms with Crippen LogP contribution in [0.5, 0.6) is 0 Å². The monoisotopic (exact) mass is 520 g/mol. The Balaban J connectivity index is 1.33. The average molecular weight is 521 g/mol. The van der Waals surface area contributed by atoms with E-state index in [2.05, 4.69) is 10.3 Å². The predicted octanol–water partition coefficient (Wildman–Crippen LogP) is 5.97. The van der Waals surface area contributed by atoms with Gasteiger partial charge in [0.1, 0.15) is 11.1 Å². The summed E-state index contributed by atoms with van der Waals surface area (Å²) < 4.78 is 13.8. The SMILES string of the molecule is Cc1ccc(NC(=O)CC2SC(N3N=C(c4ccc(Cl)cc4)CC3c3ccccc3)=NC2=O)cc1F. The lowest BCUT2D eigenvalue weighted by Gasteiger charge is -2.23. The molecule has 2 unspecified atom stereocenters. The minimum Gasteiger partial charge on any atom is -0.326 e.